The molecule has 3 rings (SSSR count). The van der Waals surface area contributed by atoms with Gasteiger partial charge in [0.25, 0.3) is 0 Å². The first kappa shape index (κ1) is 17.3. The molecule has 0 spiro atoms. The van der Waals surface area contributed by atoms with Crippen molar-refractivity contribution < 1.29 is 18.7 Å². The number of aromatic carboxylic acids is 1. The van der Waals surface area contributed by atoms with Gasteiger partial charge in [0.2, 0.25) is 0 Å². The number of benzene rings is 1. The predicted molar refractivity (Wildman–Crippen MR) is 90.5 cm³/mol. The molecule has 1 aromatic heterocycles. The van der Waals surface area contributed by atoms with E-state index in [-0.39, 0.29) is 28.8 Å². The Bertz CT molecular complexity index is 902. The predicted octanol–water partition coefficient (Wildman–Crippen LogP) is 1.75. The molecule has 0 saturated carbocycles. The smallest absolute Gasteiger partial charge is 0.352 e. The zero-order chi connectivity index (χ0) is 18.3. The maximum absolute atomic E-state index is 15.2. The van der Waals surface area contributed by atoms with Gasteiger partial charge < -0.3 is 19.5 Å². The van der Waals surface area contributed by atoms with Gasteiger partial charge in [-0.15, -0.1) is 0 Å². The summed E-state index contributed by atoms with van der Waals surface area (Å²) in [5.74, 6) is -3.02. The van der Waals surface area contributed by atoms with Crippen LogP contribution < -0.4 is 10.3 Å². The van der Waals surface area contributed by atoms with Crippen LogP contribution >= 0.6 is 0 Å². The monoisotopic (exact) mass is 351 g/mol. The van der Waals surface area contributed by atoms with Crippen LogP contribution in [-0.4, -0.2) is 53.8 Å². The lowest BCUT2D eigenvalue weighted by Crippen LogP contribution is -2.45. The summed E-state index contributed by atoms with van der Waals surface area (Å²) in [7, 11) is 1.93. The molecular weight excluding hydrogens is 332 g/mol. The lowest BCUT2D eigenvalue weighted by molar-refractivity contribution is 0.0685. The number of aromatic nitrogens is 1. The van der Waals surface area contributed by atoms with E-state index in [0.717, 1.165) is 12.1 Å². The van der Waals surface area contributed by atoms with Crippen LogP contribution in [0.25, 0.3) is 10.9 Å². The Morgan fingerprint density at radius 2 is 1.84 bits per heavy atom. The van der Waals surface area contributed by atoms with Crippen molar-refractivity contribution in [2.45, 2.75) is 13.5 Å². The zero-order valence-corrected chi connectivity index (χ0v) is 14.1. The Labute approximate surface area is 142 Å². The number of carboxylic acid groups (broad SMARTS) is 1. The molecule has 6 nitrogen and oxygen atoms in total. The van der Waals surface area contributed by atoms with Crippen LogP contribution in [0.3, 0.4) is 0 Å². The highest BCUT2D eigenvalue weighted by molar-refractivity contribution is 5.92. The number of piperazine rings is 1. The molecule has 2 aromatic rings. The van der Waals surface area contributed by atoms with Crippen molar-refractivity contribution in [1.29, 1.82) is 0 Å². The number of anilines is 1. The summed E-state index contributed by atoms with van der Waals surface area (Å²) in [5.41, 5.74) is -1.39. The number of fused-ring (bicyclic) bond motifs is 1. The molecule has 0 atom stereocenters. The highest BCUT2D eigenvalue weighted by atomic mass is 19.1. The number of hydrogen-bond acceptors (Lipinski definition) is 4. The summed E-state index contributed by atoms with van der Waals surface area (Å²) in [4.78, 5) is 27.2. The number of hydrogen-bond donors (Lipinski definition) is 1. The minimum Gasteiger partial charge on any atom is -0.477 e. The molecule has 0 aliphatic carbocycles. The van der Waals surface area contributed by atoms with E-state index >= 15 is 4.39 Å². The van der Waals surface area contributed by atoms with E-state index in [4.69, 9.17) is 0 Å². The van der Waals surface area contributed by atoms with Crippen LogP contribution in [-0.2, 0) is 6.54 Å². The molecular formula is C17H19F2N3O3. The summed E-state index contributed by atoms with van der Waals surface area (Å²) >= 11 is 0. The van der Waals surface area contributed by atoms with Crippen LogP contribution in [0.5, 0.6) is 0 Å². The van der Waals surface area contributed by atoms with Gasteiger partial charge in [-0.25, -0.2) is 13.6 Å². The van der Waals surface area contributed by atoms with Gasteiger partial charge >= 0.3 is 5.97 Å². The van der Waals surface area contributed by atoms with E-state index in [0.29, 0.717) is 26.2 Å². The summed E-state index contributed by atoms with van der Waals surface area (Å²) in [6, 6.07) is 1.91. The normalized spacial score (nSPS) is 15.8. The number of carbonyl (C=O) groups is 1. The topological polar surface area (TPSA) is 65.8 Å². The van der Waals surface area contributed by atoms with E-state index in [1.807, 2.05) is 7.05 Å². The van der Waals surface area contributed by atoms with Gasteiger partial charge in [-0.1, -0.05) is 0 Å². The molecule has 1 aliphatic heterocycles. The van der Waals surface area contributed by atoms with Gasteiger partial charge in [0.05, 0.1) is 10.9 Å². The van der Waals surface area contributed by atoms with Crippen LogP contribution in [0.15, 0.2) is 16.9 Å². The van der Waals surface area contributed by atoms with Crippen molar-refractivity contribution >= 4 is 22.6 Å². The summed E-state index contributed by atoms with van der Waals surface area (Å²) in [6.45, 7) is 4.01. The number of nitrogens with zero attached hydrogens (tertiary/aromatic N) is 3. The number of pyridine rings is 1. The molecule has 25 heavy (non-hydrogen) atoms. The molecule has 0 unspecified atom stereocenters. The van der Waals surface area contributed by atoms with E-state index in [9.17, 15) is 19.1 Å². The summed E-state index contributed by atoms with van der Waals surface area (Å²) in [6.07, 6.45) is 0. The molecule has 0 amide bonds. The molecule has 1 aliphatic rings. The highest BCUT2D eigenvalue weighted by Gasteiger charge is 2.26. The van der Waals surface area contributed by atoms with Crippen molar-refractivity contribution in [3.63, 3.8) is 0 Å². The molecule has 1 saturated heterocycles. The second-order valence-corrected chi connectivity index (χ2v) is 6.15. The fraction of sp³-hybridized carbons (Fsp3) is 0.412. The van der Waals surface area contributed by atoms with E-state index in [1.54, 1.807) is 11.8 Å². The van der Waals surface area contributed by atoms with Crippen molar-refractivity contribution in [1.82, 2.24) is 9.47 Å². The van der Waals surface area contributed by atoms with Crippen LogP contribution in [0.1, 0.15) is 17.4 Å². The fourth-order valence-electron chi connectivity index (χ4n) is 3.28. The second kappa shape index (κ2) is 6.44. The quantitative estimate of drug-likeness (QED) is 0.913. The van der Waals surface area contributed by atoms with Crippen LogP contribution in [0.4, 0.5) is 14.5 Å². The molecule has 0 radical (unpaired) electrons. The number of carboxylic acids is 1. The Morgan fingerprint density at radius 3 is 2.40 bits per heavy atom. The third-order valence-electron chi connectivity index (χ3n) is 4.62. The largest absolute Gasteiger partial charge is 0.477 e. The average Bonchev–Trinajstić information content (AvgIpc) is 2.57. The Morgan fingerprint density at radius 1 is 1.20 bits per heavy atom. The standard InChI is InChI=1S/C17H19F2N3O3/c1-3-22-12(17(24)25)9-13(23)10-8-11(18)16(14(19)15(10)22)21-6-4-20(2)5-7-21/h8-9H,3-7H2,1-2H3,(H,24,25). The molecule has 134 valence electrons. The fourth-order valence-corrected chi connectivity index (χ4v) is 3.28. The van der Waals surface area contributed by atoms with E-state index < -0.39 is 23.0 Å². The third-order valence-corrected chi connectivity index (χ3v) is 4.62. The van der Waals surface area contributed by atoms with Gasteiger partial charge in [-0.2, -0.15) is 0 Å². The van der Waals surface area contributed by atoms with Crippen molar-refractivity contribution in [3.05, 3.63) is 39.7 Å². The van der Waals surface area contributed by atoms with Crippen LogP contribution in [0, 0.1) is 11.6 Å². The third kappa shape index (κ3) is 2.86. The average molecular weight is 351 g/mol. The molecule has 1 fully saturated rings. The molecule has 1 aromatic carbocycles. The molecule has 0 bridgehead atoms. The summed E-state index contributed by atoms with van der Waals surface area (Å²) in [5, 5.41) is 9.15. The van der Waals surface area contributed by atoms with Gasteiger partial charge in [0.15, 0.2) is 11.2 Å². The first-order valence-corrected chi connectivity index (χ1v) is 8.07. The first-order valence-electron chi connectivity index (χ1n) is 8.07. The van der Waals surface area contributed by atoms with Crippen molar-refractivity contribution in [2.75, 3.05) is 38.1 Å². The first-order chi connectivity index (χ1) is 11.8. The Kier molecular flexibility index (Phi) is 4.47. The lowest BCUT2D eigenvalue weighted by Gasteiger charge is -2.34. The zero-order valence-electron chi connectivity index (χ0n) is 14.1. The van der Waals surface area contributed by atoms with E-state index in [2.05, 4.69) is 4.90 Å². The molecule has 2 heterocycles. The van der Waals surface area contributed by atoms with Crippen molar-refractivity contribution in [3.8, 4) is 0 Å². The van der Waals surface area contributed by atoms with Gasteiger partial charge in [0, 0.05) is 38.8 Å². The van der Waals surface area contributed by atoms with Gasteiger partial charge in [-0.05, 0) is 20.0 Å². The number of likely N-dealkylation sites (N-methyl/N-ethyl adjacent to an activating group) is 1. The Hall–Kier alpha value is -2.48. The number of aryl methyl sites for hydroxylation is 1. The van der Waals surface area contributed by atoms with Crippen LogP contribution in [0.2, 0.25) is 0 Å². The van der Waals surface area contributed by atoms with E-state index in [1.165, 1.54) is 4.57 Å². The molecule has 8 heteroatoms. The number of halogens is 2. The minimum absolute atomic E-state index is 0.142. The second-order valence-electron chi connectivity index (χ2n) is 6.15. The minimum atomic E-state index is -1.33. The lowest BCUT2D eigenvalue weighted by atomic mass is 10.1. The van der Waals surface area contributed by atoms with Crippen molar-refractivity contribution in [2.24, 2.45) is 0 Å². The maximum Gasteiger partial charge on any atom is 0.352 e. The van der Waals surface area contributed by atoms with Gasteiger partial charge in [-0.3, -0.25) is 4.79 Å². The SMILES string of the molecule is CCn1c(C(=O)O)cc(=O)c2cc(F)c(N3CCN(C)CC3)c(F)c21. The highest BCUT2D eigenvalue weighted by Crippen LogP contribution is 2.31. The number of rotatable bonds is 3. The van der Waals surface area contributed by atoms with Gasteiger partial charge in [0.1, 0.15) is 17.2 Å². The molecule has 1 N–H and O–H groups in total. The maximum atomic E-state index is 15.2. The Balaban J connectivity index is 2.30. The summed E-state index contributed by atoms with van der Waals surface area (Å²) < 4.78 is 31.0.